The Kier molecular flexibility index (Phi) is 6.25. The molecule has 2 rings (SSSR count). The molecule has 0 aliphatic carbocycles. The summed E-state index contributed by atoms with van der Waals surface area (Å²) in [6.45, 7) is 2.92. The molecule has 0 fully saturated rings. The number of ether oxygens (including phenoxy) is 1. The number of hydrogen-bond donors (Lipinski definition) is 0. The molecule has 0 atom stereocenters. The Morgan fingerprint density at radius 1 is 1.10 bits per heavy atom. The topological polar surface area (TPSA) is 52.3 Å². The average Bonchev–Trinajstić information content (AvgIpc) is 2.51. The van der Waals surface area contributed by atoms with Crippen molar-refractivity contribution in [3.8, 4) is 5.75 Å². The molecule has 1 aromatic carbocycles. The lowest BCUT2D eigenvalue weighted by Crippen LogP contribution is -2.02. The van der Waals surface area contributed by atoms with Crippen LogP contribution in [0.1, 0.15) is 51.9 Å². The summed E-state index contributed by atoms with van der Waals surface area (Å²) in [7, 11) is 0. The first kappa shape index (κ1) is 15.5. The zero-order chi connectivity index (χ0) is 14.9. The highest BCUT2D eigenvalue weighted by Gasteiger charge is 2.03. The van der Waals surface area contributed by atoms with Gasteiger partial charge in [0.05, 0.1) is 17.5 Å². The summed E-state index contributed by atoms with van der Waals surface area (Å²) in [5, 5.41) is 0.467. The molecule has 2 aromatic rings. The van der Waals surface area contributed by atoms with Crippen molar-refractivity contribution in [1.82, 2.24) is 4.98 Å². The Morgan fingerprint density at radius 2 is 1.86 bits per heavy atom. The van der Waals surface area contributed by atoms with Gasteiger partial charge in [-0.2, -0.15) is 0 Å². The molecule has 0 aliphatic rings. The molecule has 0 saturated heterocycles. The van der Waals surface area contributed by atoms with Crippen LogP contribution in [0.15, 0.2) is 33.8 Å². The molecule has 114 valence electrons. The molecule has 1 aromatic heterocycles. The van der Waals surface area contributed by atoms with Gasteiger partial charge in [0.1, 0.15) is 5.75 Å². The fourth-order valence-corrected chi connectivity index (χ4v) is 2.32. The van der Waals surface area contributed by atoms with Crippen molar-refractivity contribution in [2.24, 2.45) is 0 Å². The van der Waals surface area contributed by atoms with E-state index in [0.29, 0.717) is 23.3 Å². The van der Waals surface area contributed by atoms with Gasteiger partial charge in [0, 0.05) is 0 Å². The fraction of sp³-hybridized carbons (Fsp3) is 0.529. The van der Waals surface area contributed by atoms with Crippen molar-refractivity contribution in [2.75, 3.05) is 6.61 Å². The predicted molar refractivity (Wildman–Crippen MR) is 83.8 cm³/mol. The Bertz CT molecular complexity index is 606. The van der Waals surface area contributed by atoms with Crippen LogP contribution in [0, 0.1) is 0 Å². The summed E-state index contributed by atoms with van der Waals surface area (Å²) >= 11 is 0. The zero-order valence-electron chi connectivity index (χ0n) is 12.6. The normalized spacial score (nSPS) is 10.9. The Balaban J connectivity index is 1.74. The summed E-state index contributed by atoms with van der Waals surface area (Å²) in [5.41, 5.74) is 0.260. The second-order valence-corrected chi connectivity index (χ2v) is 5.29. The Morgan fingerprint density at radius 3 is 2.67 bits per heavy atom. The highest BCUT2D eigenvalue weighted by atomic mass is 16.5. The number of hydrogen-bond acceptors (Lipinski definition) is 4. The third-order valence-electron chi connectivity index (χ3n) is 3.56. The number of fused-ring (bicyclic) bond motifs is 1. The van der Waals surface area contributed by atoms with Gasteiger partial charge < -0.3 is 9.15 Å². The number of rotatable bonds is 9. The number of nitrogens with zero attached hydrogens (tertiary/aromatic N) is 1. The largest absolute Gasteiger partial charge is 0.494 e. The first-order valence-corrected chi connectivity index (χ1v) is 7.81. The van der Waals surface area contributed by atoms with Gasteiger partial charge >= 0.3 is 5.63 Å². The van der Waals surface area contributed by atoms with Crippen molar-refractivity contribution in [3.05, 3.63) is 35.0 Å². The minimum Gasteiger partial charge on any atom is -0.494 e. The van der Waals surface area contributed by atoms with Crippen LogP contribution in [0.4, 0.5) is 0 Å². The van der Waals surface area contributed by atoms with Crippen molar-refractivity contribution in [2.45, 2.75) is 51.9 Å². The second kappa shape index (κ2) is 8.45. The van der Waals surface area contributed by atoms with Crippen LogP contribution >= 0.6 is 0 Å². The van der Waals surface area contributed by atoms with E-state index in [1.54, 1.807) is 12.1 Å². The van der Waals surface area contributed by atoms with Gasteiger partial charge in [-0.1, -0.05) is 45.4 Å². The maximum Gasteiger partial charge on any atom is 0.346 e. The van der Waals surface area contributed by atoms with Gasteiger partial charge in [0.15, 0.2) is 6.39 Å². The van der Waals surface area contributed by atoms with E-state index in [4.69, 9.17) is 9.15 Å². The maximum atomic E-state index is 11.6. The molecule has 1 heterocycles. The SMILES string of the molecule is CCCCCCCCCOc1ccc2ncoc(=O)c2c1. The summed E-state index contributed by atoms with van der Waals surface area (Å²) in [6.07, 6.45) is 9.96. The van der Waals surface area contributed by atoms with Crippen LogP contribution in [0.5, 0.6) is 5.75 Å². The van der Waals surface area contributed by atoms with Gasteiger partial charge in [-0.05, 0) is 24.6 Å². The van der Waals surface area contributed by atoms with E-state index in [-0.39, 0.29) is 5.63 Å². The summed E-state index contributed by atoms with van der Waals surface area (Å²) < 4.78 is 10.5. The van der Waals surface area contributed by atoms with Crippen molar-refractivity contribution >= 4 is 10.9 Å². The third kappa shape index (κ3) is 4.88. The average molecular weight is 289 g/mol. The predicted octanol–water partition coefficient (Wildman–Crippen LogP) is 4.32. The molecule has 21 heavy (non-hydrogen) atoms. The number of benzene rings is 1. The van der Waals surface area contributed by atoms with Crippen LogP contribution in [0.2, 0.25) is 0 Å². The molecule has 0 aliphatic heterocycles. The minimum atomic E-state index is -0.374. The molecule has 4 heteroatoms. The van der Waals surface area contributed by atoms with Gasteiger partial charge in [0.25, 0.3) is 0 Å². The molecule has 4 nitrogen and oxygen atoms in total. The number of unbranched alkanes of at least 4 members (excludes halogenated alkanes) is 6. The van der Waals surface area contributed by atoms with Crippen LogP contribution in [0.3, 0.4) is 0 Å². The molecule has 0 N–H and O–H groups in total. The quantitative estimate of drug-likeness (QED) is 0.645. The van der Waals surface area contributed by atoms with Crippen molar-refractivity contribution in [1.29, 1.82) is 0 Å². The van der Waals surface area contributed by atoms with Gasteiger partial charge in [-0.15, -0.1) is 0 Å². The van der Waals surface area contributed by atoms with Crippen LogP contribution in [-0.4, -0.2) is 11.6 Å². The molecular formula is C17H23NO3. The lowest BCUT2D eigenvalue weighted by atomic mass is 10.1. The van der Waals surface area contributed by atoms with E-state index >= 15 is 0 Å². The first-order chi connectivity index (χ1) is 10.3. The van der Waals surface area contributed by atoms with E-state index in [1.165, 1.54) is 44.9 Å². The molecule has 0 spiro atoms. The third-order valence-corrected chi connectivity index (χ3v) is 3.56. The van der Waals surface area contributed by atoms with E-state index in [0.717, 1.165) is 6.42 Å². The Labute approximate surface area is 125 Å². The summed E-state index contributed by atoms with van der Waals surface area (Å²) in [6, 6.07) is 5.33. The van der Waals surface area contributed by atoms with Crippen LogP contribution < -0.4 is 10.4 Å². The van der Waals surface area contributed by atoms with Crippen LogP contribution in [0.25, 0.3) is 10.9 Å². The zero-order valence-corrected chi connectivity index (χ0v) is 12.6. The smallest absolute Gasteiger partial charge is 0.346 e. The molecule has 0 bridgehead atoms. The summed E-state index contributed by atoms with van der Waals surface area (Å²) in [5.74, 6) is 0.703. The highest BCUT2D eigenvalue weighted by molar-refractivity contribution is 5.78. The van der Waals surface area contributed by atoms with Gasteiger partial charge in [0.2, 0.25) is 0 Å². The van der Waals surface area contributed by atoms with Gasteiger partial charge in [-0.3, -0.25) is 0 Å². The van der Waals surface area contributed by atoms with Crippen molar-refractivity contribution in [3.63, 3.8) is 0 Å². The first-order valence-electron chi connectivity index (χ1n) is 7.81. The lowest BCUT2D eigenvalue weighted by Gasteiger charge is -2.06. The van der Waals surface area contributed by atoms with E-state index in [9.17, 15) is 4.79 Å². The molecule has 0 saturated carbocycles. The fourth-order valence-electron chi connectivity index (χ4n) is 2.32. The minimum absolute atomic E-state index is 0.374. The molecule has 0 radical (unpaired) electrons. The van der Waals surface area contributed by atoms with Crippen molar-refractivity contribution < 1.29 is 9.15 Å². The van der Waals surface area contributed by atoms with Crippen LogP contribution in [-0.2, 0) is 0 Å². The molecule has 0 unspecified atom stereocenters. The summed E-state index contributed by atoms with van der Waals surface area (Å²) in [4.78, 5) is 15.6. The monoisotopic (exact) mass is 289 g/mol. The van der Waals surface area contributed by atoms with E-state index in [1.807, 2.05) is 6.07 Å². The molecule has 0 amide bonds. The second-order valence-electron chi connectivity index (χ2n) is 5.29. The molecular weight excluding hydrogens is 266 g/mol. The maximum absolute atomic E-state index is 11.6. The number of aromatic nitrogens is 1. The lowest BCUT2D eigenvalue weighted by molar-refractivity contribution is 0.304. The van der Waals surface area contributed by atoms with E-state index in [2.05, 4.69) is 11.9 Å². The van der Waals surface area contributed by atoms with E-state index < -0.39 is 0 Å². The standard InChI is InChI=1S/C17H23NO3/c1-2-3-4-5-6-7-8-11-20-14-9-10-16-15(12-14)17(19)21-13-18-16/h9-10,12-13H,2-8,11H2,1H3. The Hall–Kier alpha value is -1.84. The van der Waals surface area contributed by atoms with Gasteiger partial charge in [-0.25, -0.2) is 9.78 Å². The highest BCUT2D eigenvalue weighted by Crippen LogP contribution is 2.17.